The van der Waals surface area contributed by atoms with E-state index in [-0.39, 0.29) is 5.91 Å². The Balaban J connectivity index is 1.98. The van der Waals surface area contributed by atoms with Crippen molar-refractivity contribution in [2.75, 3.05) is 13.7 Å². The Bertz CT molecular complexity index is 510. The summed E-state index contributed by atoms with van der Waals surface area (Å²) in [5, 5.41) is 5.96. The van der Waals surface area contributed by atoms with Crippen LogP contribution >= 0.6 is 0 Å². The van der Waals surface area contributed by atoms with Gasteiger partial charge >= 0.3 is 0 Å². The van der Waals surface area contributed by atoms with E-state index >= 15 is 0 Å². The molecule has 1 aromatic carbocycles. The zero-order valence-electron chi connectivity index (χ0n) is 12.2. The number of hydrogen-bond donors (Lipinski definition) is 2. The number of nitrogens with zero attached hydrogens (tertiary/aromatic N) is 1. The average Bonchev–Trinajstić information content (AvgIpc) is 2.73. The summed E-state index contributed by atoms with van der Waals surface area (Å²) in [4.78, 5) is 16.2. The van der Waals surface area contributed by atoms with Crippen molar-refractivity contribution in [3.8, 4) is 5.75 Å². The van der Waals surface area contributed by atoms with E-state index in [1.54, 1.807) is 7.11 Å². The van der Waals surface area contributed by atoms with Gasteiger partial charge in [0.15, 0.2) is 5.96 Å². The summed E-state index contributed by atoms with van der Waals surface area (Å²) in [5.74, 6) is 1.40. The van der Waals surface area contributed by atoms with Gasteiger partial charge in [-0.3, -0.25) is 15.1 Å². The van der Waals surface area contributed by atoms with Crippen LogP contribution in [-0.4, -0.2) is 31.1 Å². The highest BCUT2D eigenvalue weighted by Gasteiger charge is 2.39. The molecule has 5 nitrogen and oxygen atoms in total. The molecule has 2 N–H and O–H groups in total. The fourth-order valence-electron chi connectivity index (χ4n) is 2.19. The second-order valence-electron chi connectivity index (χ2n) is 5.08. The van der Waals surface area contributed by atoms with Crippen LogP contribution in [0.25, 0.3) is 0 Å². The number of methoxy groups -OCH3 is 1. The van der Waals surface area contributed by atoms with E-state index < -0.39 is 5.54 Å². The van der Waals surface area contributed by atoms with Crippen LogP contribution in [0.5, 0.6) is 5.75 Å². The molecular weight excluding hydrogens is 254 g/mol. The quantitative estimate of drug-likeness (QED) is 0.855. The number of benzene rings is 1. The Morgan fingerprint density at radius 1 is 1.30 bits per heavy atom. The van der Waals surface area contributed by atoms with Gasteiger partial charge in [0, 0.05) is 6.54 Å². The molecule has 1 aliphatic heterocycles. The van der Waals surface area contributed by atoms with Gasteiger partial charge < -0.3 is 10.1 Å². The van der Waals surface area contributed by atoms with E-state index in [0.29, 0.717) is 18.9 Å². The summed E-state index contributed by atoms with van der Waals surface area (Å²) in [6, 6.07) is 7.92. The van der Waals surface area contributed by atoms with Crippen molar-refractivity contribution in [2.24, 2.45) is 4.99 Å². The van der Waals surface area contributed by atoms with Gasteiger partial charge in [0.25, 0.3) is 5.91 Å². The lowest BCUT2D eigenvalue weighted by molar-refractivity contribution is -0.123. The van der Waals surface area contributed by atoms with Gasteiger partial charge in [0.1, 0.15) is 11.3 Å². The molecule has 2 rings (SSSR count). The molecule has 0 aromatic heterocycles. The average molecular weight is 275 g/mol. The fraction of sp³-hybridized carbons (Fsp3) is 0.467. The van der Waals surface area contributed by atoms with Crippen LogP contribution in [0.3, 0.4) is 0 Å². The predicted molar refractivity (Wildman–Crippen MR) is 79.0 cm³/mol. The van der Waals surface area contributed by atoms with E-state index in [1.165, 1.54) is 5.56 Å². The topological polar surface area (TPSA) is 62.7 Å². The lowest BCUT2D eigenvalue weighted by Gasteiger charge is -2.21. The maximum atomic E-state index is 12.0. The van der Waals surface area contributed by atoms with Gasteiger partial charge in [-0.05, 0) is 44.4 Å². The molecule has 0 bridgehead atoms. The van der Waals surface area contributed by atoms with Crippen molar-refractivity contribution < 1.29 is 9.53 Å². The van der Waals surface area contributed by atoms with E-state index in [0.717, 1.165) is 12.2 Å². The first kappa shape index (κ1) is 14.4. The Morgan fingerprint density at radius 3 is 2.60 bits per heavy atom. The van der Waals surface area contributed by atoms with Crippen molar-refractivity contribution >= 4 is 11.9 Å². The molecule has 0 aliphatic carbocycles. The van der Waals surface area contributed by atoms with Gasteiger partial charge in [-0.15, -0.1) is 0 Å². The van der Waals surface area contributed by atoms with Gasteiger partial charge in [0.05, 0.1) is 7.11 Å². The molecular formula is C15H21N3O2. The Morgan fingerprint density at radius 2 is 2.00 bits per heavy atom. The van der Waals surface area contributed by atoms with Gasteiger partial charge in [-0.1, -0.05) is 12.1 Å². The minimum atomic E-state index is -0.589. The van der Waals surface area contributed by atoms with Crippen LogP contribution < -0.4 is 15.4 Å². The Labute approximate surface area is 119 Å². The lowest BCUT2D eigenvalue weighted by Crippen LogP contribution is -2.44. The van der Waals surface area contributed by atoms with Gasteiger partial charge in [-0.2, -0.15) is 0 Å². The zero-order chi connectivity index (χ0) is 14.6. The Hall–Kier alpha value is -2.04. The van der Waals surface area contributed by atoms with Crippen LogP contribution in [0.15, 0.2) is 29.3 Å². The molecule has 108 valence electrons. The van der Waals surface area contributed by atoms with Crippen LogP contribution in [0, 0.1) is 0 Å². The third kappa shape index (κ3) is 3.10. The van der Waals surface area contributed by atoms with Gasteiger partial charge in [0.2, 0.25) is 0 Å². The summed E-state index contributed by atoms with van der Waals surface area (Å²) in [7, 11) is 1.65. The summed E-state index contributed by atoms with van der Waals surface area (Å²) >= 11 is 0. The lowest BCUT2D eigenvalue weighted by atomic mass is 9.93. The first-order chi connectivity index (χ1) is 9.57. The molecule has 1 amide bonds. The fourth-order valence-corrected chi connectivity index (χ4v) is 2.19. The van der Waals surface area contributed by atoms with Crippen LogP contribution in [0.4, 0.5) is 0 Å². The summed E-state index contributed by atoms with van der Waals surface area (Å²) in [6.07, 6.45) is 1.54. The second-order valence-corrected chi connectivity index (χ2v) is 5.08. The number of guanidine groups is 1. The highest BCUT2D eigenvalue weighted by atomic mass is 16.5. The number of hydrogen-bond acceptors (Lipinski definition) is 3. The van der Waals surface area contributed by atoms with E-state index in [9.17, 15) is 4.79 Å². The molecule has 1 unspecified atom stereocenters. The largest absolute Gasteiger partial charge is 0.497 e. The molecule has 1 atom stereocenters. The van der Waals surface area contributed by atoms with Crippen LogP contribution in [0.1, 0.15) is 25.8 Å². The summed E-state index contributed by atoms with van der Waals surface area (Å²) in [5.41, 5.74) is 0.594. The summed E-state index contributed by atoms with van der Waals surface area (Å²) in [6.45, 7) is 4.50. The number of nitrogens with one attached hydrogen (secondary N) is 2. The molecule has 0 spiro atoms. The van der Waals surface area contributed by atoms with E-state index in [2.05, 4.69) is 15.6 Å². The zero-order valence-corrected chi connectivity index (χ0v) is 12.2. The molecule has 1 aliphatic rings. The van der Waals surface area contributed by atoms with E-state index in [4.69, 9.17) is 4.74 Å². The van der Waals surface area contributed by atoms with Crippen LogP contribution in [-0.2, 0) is 11.2 Å². The molecule has 1 fully saturated rings. The third-order valence-electron chi connectivity index (χ3n) is 3.52. The molecule has 0 saturated carbocycles. The highest BCUT2D eigenvalue weighted by molar-refractivity contribution is 6.08. The van der Waals surface area contributed by atoms with Crippen molar-refractivity contribution in [3.05, 3.63) is 29.8 Å². The number of aliphatic imine (C=N–C) groups is 1. The predicted octanol–water partition coefficient (Wildman–Crippen LogP) is 1.48. The van der Waals surface area contributed by atoms with E-state index in [1.807, 2.05) is 38.1 Å². The number of ether oxygens (including phenoxy) is 1. The first-order valence-corrected chi connectivity index (χ1v) is 6.84. The SMILES string of the molecule is CCN=C1NC(=O)C(C)(CCc2ccc(OC)cc2)N1. The maximum absolute atomic E-state index is 12.0. The minimum Gasteiger partial charge on any atom is -0.497 e. The minimum absolute atomic E-state index is 0.0155. The molecule has 0 radical (unpaired) electrons. The standard InChI is InChI=1S/C15H21N3O2/c1-4-16-14-17-13(19)15(2,18-14)10-9-11-5-7-12(20-3)8-6-11/h5-8H,4,9-10H2,1-3H3,(H2,16,17,18,19). The highest BCUT2D eigenvalue weighted by Crippen LogP contribution is 2.19. The third-order valence-corrected chi connectivity index (χ3v) is 3.52. The number of aryl methyl sites for hydroxylation is 1. The maximum Gasteiger partial charge on any atom is 0.252 e. The Kier molecular flexibility index (Phi) is 4.27. The van der Waals surface area contributed by atoms with Crippen molar-refractivity contribution in [1.29, 1.82) is 0 Å². The number of carbonyl (C=O) groups excluding carboxylic acids is 1. The van der Waals surface area contributed by atoms with Crippen molar-refractivity contribution in [3.63, 3.8) is 0 Å². The number of amides is 1. The molecule has 5 heteroatoms. The summed E-state index contributed by atoms with van der Waals surface area (Å²) < 4.78 is 5.13. The number of carbonyl (C=O) groups is 1. The molecule has 20 heavy (non-hydrogen) atoms. The smallest absolute Gasteiger partial charge is 0.252 e. The second kappa shape index (κ2) is 5.94. The molecule has 1 saturated heterocycles. The molecule has 1 aromatic rings. The van der Waals surface area contributed by atoms with Crippen LogP contribution in [0.2, 0.25) is 0 Å². The van der Waals surface area contributed by atoms with Crippen molar-refractivity contribution in [2.45, 2.75) is 32.2 Å². The number of rotatable bonds is 5. The molecule has 1 heterocycles. The van der Waals surface area contributed by atoms with Gasteiger partial charge in [-0.25, -0.2) is 0 Å². The first-order valence-electron chi connectivity index (χ1n) is 6.84. The normalized spacial score (nSPS) is 23.6. The van der Waals surface area contributed by atoms with Crippen molar-refractivity contribution in [1.82, 2.24) is 10.6 Å². The monoisotopic (exact) mass is 275 g/mol.